The summed E-state index contributed by atoms with van der Waals surface area (Å²) < 4.78 is 26.5. The number of aryl methyl sites for hydroxylation is 2. The molecule has 8 heteroatoms. The van der Waals surface area contributed by atoms with Crippen LogP contribution in [-0.2, 0) is 32.6 Å². The number of rotatable bonds is 13. The third-order valence-electron chi connectivity index (χ3n) is 6.50. The van der Waals surface area contributed by atoms with E-state index in [1.165, 1.54) is 10.6 Å². The number of nitrogens with one attached hydrogen (secondary N) is 1. The maximum atomic E-state index is 13.8. The number of benzene rings is 3. The molecule has 0 spiro atoms. The lowest BCUT2D eigenvalue weighted by atomic mass is 10.0. The highest BCUT2D eigenvalue weighted by Crippen LogP contribution is 2.21. The van der Waals surface area contributed by atoms with Crippen molar-refractivity contribution >= 4 is 27.5 Å². The van der Waals surface area contributed by atoms with Crippen molar-refractivity contribution in [1.82, 2.24) is 10.2 Å². The Bertz CT molecular complexity index is 1360. The van der Waals surface area contributed by atoms with Gasteiger partial charge in [0, 0.05) is 32.5 Å². The monoisotopic (exact) mass is 549 g/mol. The minimum atomic E-state index is -3.54. The van der Waals surface area contributed by atoms with Gasteiger partial charge in [0.05, 0.1) is 11.9 Å². The molecule has 0 aliphatic rings. The van der Waals surface area contributed by atoms with E-state index >= 15 is 0 Å². The van der Waals surface area contributed by atoms with Gasteiger partial charge >= 0.3 is 0 Å². The topological polar surface area (TPSA) is 86.8 Å². The predicted molar refractivity (Wildman–Crippen MR) is 157 cm³/mol. The Labute approximate surface area is 232 Å². The molecule has 0 aromatic heterocycles. The highest BCUT2D eigenvalue weighted by atomic mass is 32.2. The molecule has 0 aliphatic carbocycles. The predicted octanol–water partition coefficient (Wildman–Crippen LogP) is 4.63. The zero-order valence-electron chi connectivity index (χ0n) is 23.3. The highest BCUT2D eigenvalue weighted by molar-refractivity contribution is 7.92. The molecule has 3 rings (SSSR count). The second kappa shape index (κ2) is 13.9. The van der Waals surface area contributed by atoms with Crippen LogP contribution in [0.25, 0.3) is 0 Å². The average molecular weight is 550 g/mol. The number of anilines is 1. The molecule has 0 unspecified atom stereocenters. The van der Waals surface area contributed by atoms with Crippen LogP contribution in [0.3, 0.4) is 0 Å². The van der Waals surface area contributed by atoms with Crippen molar-refractivity contribution in [3.63, 3.8) is 0 Å². The lowest BCUT2D eigenvalue weighted by molar-refractivity contribution is -0.141. The summed E-state index contributed by atoms with van der Waals surface area (Å²) in [7, 11) is -3.54. The smallest absolute Gasteiger partial charge is 0.243 e. The number of carbonyl (C=O) groups excluding carboxylic acids is 2. The first-order valence-electron chi connectivity index (χ1n) is 13.3. The summed E-state index contributed by atoms with van der Waals surface area (Å²) in [4.78, 5) is 28.7. The molecule has 208 valence electrons. The molecule has 0 saturated carbocycles. The summed E-state index contributed by atoms with van der Waals surface area (Å²) in [6, 6.07) is 24.2. The maximum absolute atomic E-state index is 13.8. The molecule has 3 aromatic rings. The summed E-state index contributed by atoms with van der Waals surface area (Å²) in [5.41, 5.74) is 4.49. The summed E-state index contributed by atoms with van der Waals surface area (Å²) in [5, 5.41) is 2.90. The largest absolute Gasteiger partial charge is 0.355 e. The first-order valence-corrected chi connectivity index (χ1v) is 15.1. The third kappa shape index (κ3) is 8.96. The molecule has 0 radical (unpaired) electrons. The van der Waals surface area contributed by atoms with Crippen molar-refractivity contribution in [2.24, 2.45) is 0 Å². The second-order valence-electron chi connectivity index (χ2n) is 9.89. The van der Waals surface area contributed by atoms with E-state index in [1.54, 1.807) is 11.0 Å². The average Bonchev–Trinajstić information content (AvgIpc) is 2.88. The van der Waals surface area contributed by atoms with Crippen LogP contribution in [-0.4, -0.2) is 50.5 Å². The Morgan fingerprint density at radius 3 is 2.13 bits per heavy atom. The summed E-state index contributed by atoms with van der Waals surface area (Å²) in [6.45, 7) is 6.65. The Kier molecular flexibility index (Phi) is 10.7. The molecule has 2 amide bonds. The van der Waals surface area contributed by atoms with Gasteiger partial charge in [-0.25, -0.2) is 8.42 Å². The second-order valence-corrected chi connectivity index (χ2v) is 11.8. The van der Waals surface area contributed by atoms with Crippen LogP contribution in [0.4, 0.5) is 5.69 Å². The van der Waals surface area contributed by atoms with Crippen molar-refractivity contribution in [1.29, 1.82) is 0 Å². The Balaban J connectivity index is 1.86. The Hall–Kier alpha value is -3.65. The maximum Gasteiger partial charge on any atom is 0.243 e. The van der Waals surface area contributed by atoms with E-state index in [1.807, 2.05) is 93.6 Å². The summed E-state index contributed by atoms with van der Waals surface area (Å²) in [5.74, 6) is -0.402. The molecule has 0 saturated heterocycles. The van der Waals surface area contributed by atoms with Crippen LogP contribution in [0.2, 0.25) is 0 Å². The molecule has 0 heterocycles. The van der Waals surface area contributed by atoms with Gasteiger partial charge in [-0.05, 0) is 56.0 Å². The van der Waals surface area contributed by atoms with Gasteiger partial charge in [0.15, 0.2) is 0 Å². The van der Waals surface area contributed by atoms with E-state index < -0.39 is 16.1 Å². The minimum Gasteiger partial charge on any atom is -0.355 e. The minimum absolute atomic E-state index is 0.106. The van der Waals surface area contributed by atoms with E-state index in [2.05, 4.69) is 5.32 Å². The van der Waals surface area contributed by atoms with Crippen molar-refractivity contribution in [3.05, 3.63) is 101 Å². The van der Waals surface area contributed by atoms with Crippen LogP contribution in [0, 0.1) is 13.8 Å². The van der Waals surface area contributed by atoms with E-state index in [0.29, 0.717) is 25.1 Å². The Morgan fingerprint density at radius 2 is 1.51 bits per heavy atom. The molecule has 39 heavy (non-hydrogen) atoms. The summed E-state index contributed by atoms with van der Waals surface area (Å²) >= 11 is 0. The fourth-order valence-corrected chi connectivity index (χ4v) is 5.60. The SMILES string of the molecule is CCNC(=O)[C@@H](Cc1ccccc1)N(Cc1cccc(C)c1)C(=O)CCCN(c1cccc(C)c1)S(C)(=O)=O. The number of amides is 2. The van der Waals surface area contributed by atoms with Gasteiger partial charge in [0.25, 0.3) is 0 Å². The Morgan fingerprint density at radius 1 is 0.872 bits per heavy atom. The zero-order valence-corrected chi connectivity index (χ0v) is 24.1. The van der Waals surface area contributed by atoms with E-state index in [0.717, 1.165) is 22.3 Å². The van der Waals surface area contributed by atoms with Crippen LogP contribution < -0.4 is 9.62 Å². The van der Waals surface area contributed by atoms with Gasteiger partial charge in [0.2, 0.25) is 21.8 Å². The molecule has 0 aliphatic heterocycles. The number of carbonyl (C=O) groups is 2. The molecule has 7 nitrogen and oxygen atoms in total. The van der Waals surface area contributed by atoms with Gasteiger partial charge in [0.1, 0.15) is 6.04 Å². The highest BCUT2D eigenvalue weighted by Gasteiger charge is 2.30. The van der Waals surface area contributed by atoms with Crippen molar-refractivity contribution in [2.75, 3.05) is 23.7 Å². The molecule has 3 aromatic carbocycles. The number of likely N-dealkylation sites (N-methyl/N-ethyl adjacent to an activating group) is 1. The molecular formula is C31H39N3O4S. The number of hydrogen-bond donors (Lipinski definition) is 1. The number of hydrogen-bond acceptors (Lipinski definition) is 4. The van der Waals surface area contributed by atoms with Gasteiger partial charge < -0.3 is 10.2 Å². The normalized spacial score (nSPS) is 12.0. The van der Waals surface area contributed by atoms with Crippen molar-refractivity contribution in [3.8, 4) is 0 Å². The van der Waals surface area contributed by atoms with Gasteiger partial charge in [-0.3, -0.25) is 13.9 Å². The summed E-state index contributed by atoms with van der Waals surface area (Å²) in [6.07, 6.45) is 1.97. The lowest BCUT2D eigenvalue weighted by Gasteiger charge is -2.32. The van der Waals surface area contributed by atoms with E-state index in [-0.39, 0.29) is 31.3 Å². The molecule has 1 atom stereocenters. The lowest BCUT2D eigenvalue weighted by Crippen LogP contribution is -2.50. The molecule has 1 N–H and O–H groups in total. The first kappa shape index (κ1) is 29.9. The third-order valence-corrected chi connectivity index (χ3v) is 7.69. The van der Waals surface area contributed by atoms with E-state index in [9.17, 15) is 18.0 Å². The number of nitrogens with zero attached hydrogens (tertiary/aromatic N) is 2. The van der Waals surface area contributed by atoms with Crippen LogP contribution in [0.1, 0.15) is 42.0 Å². The van der Waals surface area contributed by atoms with Gasteiger partial charge in [-0.15, -0.1) is 0 Å². The first-order chi connectivity index (χ1) is 18.6. The van der Waals surface area contributed by atoms with Crippen LogP contribution >= 0.6 is 0 Å². The fraction of sp³-hybridized carbons (Fsp3) is 0.355. The molecule has 0 bridgehead atoms. The molecular weight excluding hydrogens is 510 g/mol. The zero-order chi connectivity index (χ0) is 28.4. The fourth-order valence-electron chi connectivity index (χ4n) is 4.64. The standard InChI is InChI=1S/C31H39N3O4S/c1-5-32-31(36)29(22-26-14-7-6-8-15-26)33(23-27-16-9-12-24(2)20-27)30(35)18-11-19-34(39(4,37)38)28-17-10-13-25(3)21-28/h6-10,12-17,20-21,29H,5,11,18-19,22-23H2,1-4H3,(H,32,36)/t29-/m1/s1. The number of sulfonamides is 1. The van der Waals surface area contributed by atoms with Crippen LogP contribution in [0.15, 0.2) is 78.9 Å². The van der Waals surface area contributed by atoms with Gasteiger partial charge in [-0.1, -0.05) is 72.3 Å². The van der Waals surface area contributed by atoms with Crippen LogP contribution in [0.5, 0.6) is 0 Å². The quantitative estimate of drug-likeness (QED) is 0.337. The van der Waals surface area contributed by atoms with Crippen molar-refractivity contribution < 1.29 is 18.0 Å². The van der Waals surface area contributed by atoms with E-state index in [4.69, 9.17) is 0 Å². The molecule has 0 fully saturated rings. The van der Waals surface area contributed by atoms with Crippen molar-refractivity contribution in [2.45, 2.75) is 52.6 Å². The van der Waals surface area contributed by atoms with Gasteiger partial charge in [-0.2, -0.15) is 0 Å².